The van der Waals surface area contributed by atoms with Crippen molar-refractivity contribution in [1.82, 2.24) is 4.98 Å². The standard InChI is InChI=1S/C21H16N2O3S/c1-13-3-2-4-15-9-16(11-22)21(23-20(13)15)27-12-17(24)14-5-6-18-19(10-14)26-8-7-25-18/h2-6,9-10H,7-8,12H2,1H3. The Bertz CT molecular complexity index is 1090. The molecule has 0 N–H and O–H groups in total. The average molecular weight is 376 g/mol. The Labute approximate surface area is 160 Å². The molecule has 0 fully saturated rings. The average Bonchev–Trinajstić information content (AvgIpc) is 2.71. The normalized spacial score (nSPS) is 12.6. The highest BCUT2D eigenvalue weighted by molar-refractivity contribution is 8.00. The zero-order chi connectivity index (χ0) is 18.8. The van der Waals surface area contributed by atoms with Crippen LogP contribution in [0, 0.1) is 18.3 Å². The van der Waals surface area contributed by atoms with Gasteiger partial charge in [-0.15, -0.1) is 0 Å². The topological polar surface area (TPSA) is 72.2 Å². The van der Waals surface area contributed by atoms with Gasteiger partial charge in [-0.2, -0.15) is 5.26 Å². The smallest absolute Gasteiger partial charge is 0.173 e. The number of pyridine rings is 1. The van der Waals surface area contributed by atoms with Crippen LogP contribution in [0.4, 0.5) is 0 Å². The van der Waals surface area contributed by atoms with Crippen LogP contribution >= 0.6 is 11.8 Å². The lowest BCUT2D eigenvalue weighted by atomic mass is 10.1. The number of hydrogen-bond acceptors (Lipinski definition) is 6. The molecule has 1 aliphatic rings. The minimum absolute atomic E-state index is 0.0486. The molecule has 2 aromatic carbocycles. The van der Waals surface area contributed by atoms with Gasteiger partial charge in [-0.25, -0.2) is 4.98 Å². The Morgan fingerprint density at radius 1 is 1.19 bits per heavy atom. The molecular formula is C21H16N2O3S. The molecule has 3 aromatic rings. The van der Waals surface area contributed by atoms with E-state index in [1.807, 2.05) is 31.2 Å². The van der Waals surface area contributed by atoms with Crippen molar-refractivity contribution in [3.8, 4) is 17.6 Å². The molecule has 2 heterocycles. The van der Waals surface area contributed by atoms with Gasteiger partial charge in [0, 0.05) is 10.9 Å². The Morgan fingerprint density at radius 3 is 2.81 bits per heavy atom. The zero-order valence-corrected chi connectivity index (χ0v) is 15.5. The van der Waals surface area contributed by atoms with Crippen molar-refractivity contribution in [2.24, 2.45) is 0 Å². The molecule has 134 valence electrons. The van der Waals surface area contributed by atoms with Gasteiger partial charge < -0.3 is 9.47 Å². The molecule has 4 rings (SSSR count). The maximum Gasteiger partial charge on any atom is 0.173 e. The van der Waals surface area contributed by atoms with E-state index < -0.39 is 0 Å². The lowest BCUT2D eigenvalue weighted by Gasteiger charge is -2.18. The third-order valence-electron chi connectivity index (χ3n) is 4.34. The quantitative estimate of drug-likeness (QED) is 0.503. The fourth-order valence-electron chi connectivity index (χ4n) is 2.95. The summed E-state index contributed by atoms with van der Waals surface area (Å²) in [7, 11) is 0. The third kappa shape index (κ3) is 3.46. The number of nitriles is 1. The molecule has 0 bridgehead atoms. The summed E-state index contributed by atoms with van der Waals surface area (Å²) in [5, 5.41) is 10.9. The van der Waals surface area contributed by atoms with Crippen molar-refractivity contribution in [3.05, 3.63) is 59.2 Å². The van der Waals surface area contributed by atoms with Crippen molar-refractivity contribution in [2.75, 3.05) is 19.0 Å². The first-order valence-electron chi connectivity index (χ1n) is 8.52. The molecule has 5 nitrogen and oxygen atoms in total. The second kappa shape index (κ2) is 7.29. The largest absolute Gasteiger partial charge is 0.486 e. The van der Waals surface area contributed by atoms with Gasteiger partial charge >= 0.3 is 0 Å². The van der Waals surface area contributed by atoms with Crippen molar-refractivity contribution in [2.45, 2.75) is 11.9 Å². The predicted octanol–water partition coefficient (Wildman–Crippen LogP) is 4.16. The van der Waals surface area contributed by atoms with Crippen LogP contribution in [0.25, 0.3) is 10.9 Å². The number of aryl methyl sites for hydroxylation is 1. The van der Waals surface area contributed by atoms with Crippen LogP contribution in [-0.4, -0.2) is 29.7 Å². The summed E-state index contributed by atoms with van der Waals surface area (Å²) < 4.78 is 11.0. The number of ketones is 1. The summed E-state index contributed by atoms with van der Waals surface area (Å²) in [4.78, 5) is 17.2. The summed E-state index contributed by atoms with van der Waals surface area (Å²) in [6, 6.07) is 15.1. The fraction of sp³-hybridized carbons (Fsp3) is 0.190. The minimum Gasteiger partial charge on any atom is -0.486 e. The lowest BCUT2D eigenvalue weighted by molar-refractivity contribution is 0.102. The van der Waals surface area contributed by atoms with Gasteiger partial charge in [-0.1, -0.05) is 30.0 Å². The maximum atomic E-state index is 12.6. The first-order chi connectivity index (χ1) is 13.2. The number of carbonyl (C=O) groups is 1. The van der Waals surface area contributed by atoms with E-state index in [2.05, 4.69) is 11.1 Å². The molecule has 0 saturated heterocycles. The van der Waals surface area contributed by atoms with E-state index in [4.69, 9.17) is 9.47 Å². The van der Waals surface area contributed by atoms with Crippen LogP contribution in [0.15, 0.2) is 47.5 Å². The van der Waals surface area contributed by atoms with E-state index in [9.17, 15) is 10.1 Å². The minimum atomic E-state index is -0.0486. The van der Waals surface area contributed by atoms with Crippen LogP contribution in [0.3, 0.4) is 0 Å². The predicted molar refractivity (Wildman–Crippen MR) is 104 cm³/mol. The highest BCUT2D eigenvalue weighted by Crippen LogP contribution is 2.32. The molecule has 0 amide bonds. The Hall–Kier alpha value is -3.04. The number of para-hydroxylation sites is 1. The van der Waals surface area contributed by atoms with Gasteiger partial charge in [0.15, 0.2) is 17.3 Å². The molecule has 1 aromatic heterocycles. The molecule has 27 heavy (non-hydrogen) atoms. The van der Waals surface area contributed by atoms with E-state index in [1.165, 1.54) is 11.8 Å². The zero-order valence-electron chi connectivity index (χ0n) is 14.7. The number of thioether (sulfide) groups is 1. The first-order valence-corrected chi connectivity index (χ1v) is 9.50. The molecule has 0 spiro atoms. The van der Waals surface area contributed by atoms with Crippen molar-refractivity contribution < 1.29 is 14.3 Å². The number of aromatic nitrogens is 1. The maximum absolute atomic E-state index is 12.6. The molecule has 0 atom stereocenters. The van der Waals surface area contributed by atoms with E-state index in [0.29, 0.717) is 40.9 Å². The van der Waals surface area contributed by atoms with Crippen molar-refractivity contribution in [3.63, 3.8) is 0 Å². The number of carbonyl (C=O) groups excluding carboxylic acids is 1. The van der Waals surface area contributed by atoms with E-state index in [-0.39, 0.29) is 11.5 Å². The first kappa shape index (κ1) is 17.4. The Kier molecular flexibility index (Phi) is 4.69. The van der Waals surface area contributed by atoms with Crippen LogP contribution in [-0.2, 0) is 0 Å². The van der Waals surface area contributed by atoms with E-state index in [0.717, 1.165) is 16.5 Å². The summed E-state index contributed by atoms with van der Waals surface area (Å²) in [6.45, 7) is 2.97. The summed E-state index contributed by atoms with van der Waals surface area (Å²) >= 11 is 1.28. The molecule has 0 aliphatic carbocycles. The van der Waals surface area contributed by atoms with Crippen LogP contribution in [0.5, 0.6) is 11.5 Å². The fourth-order valence-corrected chi connectivity index (χ4v) is 3.80. The van der Waals surface area contributed by atoms with Crippen LogP contribution in [0.2, 0.25) is 0 Å². The third-order valence-corrected chi connectivity index (χ3v) is 5.33. The monoisotopic (exact) mass is 376 g/mol. The van der Waals surface area contributed by atoms with E-state index in [1.54, 1.807) is 18.2 Å². The molecular weight excluding hydrogens is 360 g/mol. The number of nitrogens with zero attached hydrogens (tertiary/aromatic N) is 2. The van der Waals surface area contributed by atoms with Crippen molar-refractivity contribution in [1.29, 1.82) is 5.26 Å². The summed E-state index contributed by atoms with van der Waals surface area (Å²) in [5.41, 5.74) is 2.93. The van der Waals surface area contributed by atoms with Gasteiger partial charge in [0.2, 0.25) is 0 Å². The van der Waals surface area contributed by atoms with Gasteiger partial charge in [-0.3, -0.25) is 4.79 Å². The van der Waals surface area contributed by atoms with Crippen LogP contribution in [0.1, 0.15) is 21.5 Å². The second-order valence-corrected chi connectivity index (χ2v) is 7.13. The Balaban J connectivity index is 1.57. The molecule has 0 unspecified atom stereocenters. The number of benzene rings is 2. The highest BCUT2D eigenvalue weighted by atomic mass is 32.2. The Morgan fingerprint density at radius 2 is 2.00 bits per heavy atom. The highest BCUT2D eigenvalue weighted by Gasteiger charge is 2.16. The van der Waals surface area contributed by atoms with Crippen molar-refractivity contribution >= 4 is 28.4 Å². The molecule has 1 aliphatic heterocycles. The SMILES string of the molecule is Cc1cccc2cc(C#N)c(SCC(=O)c3ccc4c(c3)OCCO4)nc12. The van der Waals surface area contributed by atoms with E-state index >= 15 is 0 Å². The van der Waals surface area contributed by atoms with Gasteiger partial charge in [0.1, 0.15) is 24.3 Å². The molecule has 0 radical (unpaired) electrons. The second-order valence-electron chi connectivity index (χ2n) is 6.17. The lowest BCUT2D eigenvalue weighted by Crippen LogP contribution is -2.16. The van der Waals surface area contributed by atoms with Crippen LogP contribution < -0.4 is 9.47 Å². The van der Waals surface area contributed by atoms with Gasteiger partial charge in [-0.05, 0) is 36.8 Å². The summed E-state index contributed by atoms with van der Waals surface area (Å²) in [6.07, 6.45) is 0. The molecule has 0 saturated carbocycles. The summed E-state index contributed by atoms with van der Waals surface area (Å²) in [5.74, 6) is 1.39. The number of Topliss-reactive ketones (excluding diaryl/α,β-unsaturated/α-hetero) is 1. The van der Waals surface area contributed by atoms with Gasteiger partial charge in [0.25, 0.3) is 0 Å². The number of hydrogen-bond donors (Lipinski definition) is 0. The van der Waals surface area contributed by atoms with Gasteiger partial charge in [0.05, 0.1) is 16.8 Å². The number of rotatable bonds is 4. The number of fused-ring (bicyclic) bond motifs is 2. The molecule has 6 heteroatoms. The number of ether oxygens (including phenoxy) is 2.